The van der Waals surface area contributed by atoms with Gasteiger partial charge in [0.25, 0.3) is 0 Å². The lowest BCUT2D eigenvalue weighted by Gasteiger charge is -2.32. The molecule has 0 radical (unpaired) electrons. The number of hydrogen-bond donors (Lipinski definition) is 0. The minimum absolute atomic E-state index is 0.122. The second-order valence-corrected chi connectivity index (χ2v) is 21.5. The van der Waals surface area contributed by atoms with Crippen LogP contribution in [-0.2, 0) is 70.0 Å². The molecule has 4 fully saturated rings. The highest BCUT2D eigenvalue weighted by Crippen LogP contribution is 2.40. The van der Waals surface area contributed by atoms with Gasteiger partial charge in [-0.3, -0.25) is 4.79 Å². The number of carbonyl (C=O) groups is 3. The molecule has 4 unspecified atom stereocenters. The largest absolute Gasteiger partial charge is 0.461 e. The van der Waals surface area contributed by atoms with Gasteiger partial charge in [0.2, 0.25) is 0 Å². The zero-order valence-electron chi connectivity index (χ0n) is 44.3. The van der Waals surface area contributed by atoms with Gasteiger partial charge in [0, 0.05) is 33.1 Å². The molecule has 70 heavy (non-hydrogen) atoms. The minimum Gasteiger partial charge on any atom is -0.461 e. The van der Waals surface area contributed by atoms with Crippen LogP contribution in [0.25, 0.3) is 0 Å². The summed E-state index contributed by atoms with van der Waals surface area (Å²) in [5.74, 6) is 1.78. The first kappa shape index (κ1) is 61.3. The Kier molecular flexibility index (Phi) is 24.8. The molecule has 2 amide bonds. The number of hydrogen-bond acceptors (Lipinski definition) is 14. The molecule has 0 N–H and O–H groups in total. The summed E-state index contributed by atoms with van der Waals surface area (Å²) in [6.07, 6.45) is 6.17. The van der Waals surface area contributed by atoms with Crippen molar-refractivity contribution >= 4 is 44.7 Å². The number of rotatable bonds is 12. The summed E-state index contributed by atoms with van der Waals surface area (Å²) in [7, 11) is -0.252. The molecule has 0 saturated carbocycles. The van der Waals surface area contributed by atoms with E-state index in [0.29, 0.717) is 36.9 Å². The van der Waals surface area contributed by atoms with E-state index in [-0.39, 0.29) is 67.1 Å². The summed E-state index contributed by atoms with van der Waals surface area (Å²) in [6, 6.07) is 19.4. The van der Waals surface area contributed by atoms with Gasteiger partial charge >= 0.3 is 44.7 Å². The van der Waals surface area contributed by atoms with Crippen LogP contribution in [0.2, 0.25) is 12.6 Å². The molecular formula is C52H80B2N2O14. The van der Waals surface area contributed by atoms with Crippen molar-refractivity contribution in [1.82, 2.24) is 9.80 Å². The minimum atomic E-state index is -0.435. The molecule has 4 aliphatic rings. The summed E-state index contributed by atoms with van der Waals surface area (Å²) >= 11 is 0. The average Bonchev–Trinajstić information content (AvgIpc) is 3.95. The number of nitrogens with zero attached hydrogens (tertiary/aromatic N) is 2. The molecule has 6 rings (SSSR count). The maximum atomic E-state index is 12.4. The van der Waals surface area contributed by atoms with Crippen molar-refractivity contribution < 1.29 is 66.4 Å². The molecule has 0 aliphatic carbocycles. The first-order valence-electron chi connectivity index (χ1n) is 24.4. The standard InChI is InChI=1S/C22H34BNO4.C19H36BNO4.C9H10O2.2CO2/c1-17-14-24(20(25)26-16-18-10-7-6-8-11-18)15-19(17)12-9-13-23-27-21(2,3)22(4,5)28-23;1-14-12-21(16(22)23-17(2,3)4)13-15(14)10-9-11-20-24-18(5,6)19(7,8)25-20;1-8(10)11-7-9-5-3-2-4-6-9;2*2-1-3/h6-8,10-11,17,19H,9,12-16H2,1-5H3;14-15H,9-13H2,1-8H3;2-6H,7H2,1H3;;. The van der Waals surface area contributed by atoms with Crippen molar-refractivity contribution in [3.05, 3.63) is 71.8 Å². The topological polar surface area (TPSA) is 191 Å². The molecule has 0 spiro atoms. The van der Waals surface area contributed by atoms with Gasteiger partial charge in [0.05, 0.1) is 22.4 Å². The van der Waals surface area contributed by atoms with Gasteiger partial charge in [-0.05, 0) is 136 Å². The molecule has 0 aromatic heterocycles. The van der Waals surface area contributed by atoms with E-state index in [0.717, 1.165) is 75.6 Å². The van der Waals surface area contributed by atoms with Gasteiger partial charge in [-0.25, -0.2) is 9.59 Å². The van der Waals surface area contributed by atoms with E-state index >= 15 is 0 Å². The highest BCUT2D eigenvalue weighted by Gasteiger charge is 2.51. The molecule has 0 bridgehead atoms. The van der Waals surface area contributed by atoms with E-state index < -0.39 is 5.60 Å². The summed E-state index contributed by atoms with van der Waals surface area (Å²) in [5, 5.41) is 0. The van der Waals surface area contributed by atoms with Gasteiger partial charge in [0.15, 0.2) is 0 Å². The monoisotopic (exact) mass is 979 g/mol. The summed E-state index contributed by atoms with van der Waals surface area (Å²) in [5.41, 5.74) is 0.548. The molecule has 2 aromatic carbocycles. The van der Waals surface area contributed by atoms with E-state index in [1.165, 1.54) is 6.92 Å². The van der Waals surface area contributed by atoms with Gasteiger partial charge < -0.3 is 42.6 Å². The van der Waals surface area contributed by atoms with Crippen LogP contribution in [0, 0.1) is 23.7 Å². The van der Waals surface area contributed by atoms with E-state index in [1.54, 1.807) is 0 Å². The zero-order chi connectivity index (χ0) is 52.9. The third-order valence-electron chi connectivity index (χ3n) is 13.6. The SMILES string of the molecule is CC(=O)OCc1ccccc1.CC1CN(C(=O)OC(C)(C)C)CC1CCCB1OC(C)(C)C(C)(C)O1.CC1CN(C(=O)OCc2ccccc2)CC1CCCB1OC(C)(C)C(C)(C)O1.O=C=O.O=C=O. The predicted octanol–water partition coefficient (Wildman–Crippen LogP) is 9.71. The Hall–Kier alpha value is -4.82. The second kappa shape index (κ2) is 28.3. The van der Waals surface area contributed by atoms with E-state index in [2.05, 4.69) is 69.2 Å². The lowest BCUT2D eigenvalue weighted by atomic mass is 9.80. The number of likely N-dealkylation sites (tertiary alicyclic amines) is 2. The lowest BCUT2D eigenvalue weighted by Crippen LogP contribution is -2.41. The fourth-order valence-electron chi connectivity index (χ4n) is 8.27. The van der Waals surface area contributed by atoms with Crippen molar-refractivity contribution in [2.45, 2.75) is 176 Å². The number of ether oxygens (including phenoxy) is 3. The molecule has 388 valence electrons. The zero-order valence-corrected chi connectivity index (χ0v) is 44.3. The Balaban J connectivity index is 0.000000364. The van der Waals surface area contributed by atoms with Gasteiger partial charge in [-0.2, -0.15) is 19.2 Å². The van der Waals surface area contributed by atoms with Crippen LogP contribution in [0.3, 0.4) is 0 Å². The fourth-order valence-corrected chi connectivity index (χ4v) is 8.27. The van der Waals surface area contributed by atoms with Crippen LogP contribution in [0.15, 0.2) is 60.7 Å². The third kappa shape index (κ3) is 20.9. The number of esters is 1. The van der Waals surface area contributed by atoms with Crippen molar-refractivity contribution in [3.63, 3.8) is 0 Å². The summed E-state index contributed by atoms with van der Waals surface area (Å²) < 4.78 is 40.1. The van der Waals surface area contributed by atoms with Crippen molar-refractivity contribution in [2.75, 3.05) is 26.2 Å². The van der Waals surface area contributed by atoms with Crippen LogP contribution in [0.4, 0.5) is 9.59 Å². The van der Waals surface area contributed by atoms with Crippen LogP contribution in [0.1, 0.15) is 134 Å². The van der Waals surface area contributed by atoms with Crippen LogP contribution < -0.4 is 0 Å². The number of amides is 2. The summed E-state index contributed by atoms with van der Waals surface area (Å²) in [4.78, 5) is 71.2. The maximum absolute atomic E-state index is 12.4. The quantitative estimate of drug-likeness (QED) is 0.111. The molecular weight excluding hydrogens is 898 g/mol. The molecule has 4 aliphatic heterocycles. The molecule has 2 aromatic rings. The van der Waals surface area contributed by atoms with Crippen molar-refractivity contribution in [3.8, 4) is 0 Å². The Morgan fingerprint density at radius 1 is 0.586 bits per heavy atom. The molecule has 4 atom stereocenters. The second-order valence-electron chi connectivity index (χ2n) is 21.5. The molecule has 4 heterocycles. The summed E-state index contributed by atoms with van der Waals surface area (Å²) in [6.45, 7) is 32.1. The Morgan fingerprint density at radius 2 is 0.914 bits per heavy atom. The van der Waals surface area contributed by atoms with Gasteiger partial charge in [0.1, 0.15) is 18.8 Å². The normalized spacial score (nSPS) is 22.2. The smallest absolute Gasteiger partial charge is 0.457 e. The third-order valence-corrected chi connectivity index (χ3v) is 13.6. The number of carbonyl (C=O) groups excluding carboxylic acids is 7. The van der Waals surface area contributed by atoms with E-state index in [9.17, 15) is 14.4 Å². The Morgan fingerprint density at radius 3 is 1.24 bits per heavy atom. The maximum Gasteiger partial charge on any atom is 0.457 e. The highest BCUT2D eigenvalue weighted by atomic mass is 16.7. The molecule has 4 saturated heterocycles. The van der Waals surface area contributed by atoms with Crippen molar-refractivity contribution in [2.24, 2.45) is 23.7 Å². The van der Waals surface area contributed by atoms with E-state index in [1.807, 2.05) is 91.2 Å². The van der Waals surface area contributed by atoms with Crippen LogP contribution >= 0.6 is 0 Å². The highest BCUT2D eigenvalue weighted by molar-refractivity contribution is 6.45. The predicted molar refractivity (Wildman–Crippen MR) is 263 cm³/mol. The molecule has 16 nitrogen and oxygen atoms in total. The Bertz CT molecular complexity index is 1920. The first-order chi connectivity index (χ1) is 32.6. The van der Waals surface area contributed by atoms with Gasteiger partial charge in [-0.15, -0.1) is 0 Å². The van der Waals surface area contributed by atoms with E-state index in [4.69, 9.17) is 52.0 Å². The number of benzene rings is 2. The van der Waals surface area contributed by atoms with Crippen LogP contribution in [0.5, 0.6) is 0 Å². The Labute approximate surface area is 417 Å². The van der Waals surface area contributed by atoms with Crippen molar-refractivity contribution in [1.29, 1.82) is 0 Å². The van der Waals surface area contributed by atoms with Crippen LogP contribution in [-0.4, -0.2) is 109 Å². The average molecular weight is 979 g/mol. The molecule has 18 heteroatoms. The fraction of sp³-hybridized carbons (Fsp3) is 0.673. The lowest BCUT2D eigenvalue weighted by molar-refractivity contribution is -0.193. The van der Waals surface area contributed by atoms with Gasteiger partial charge in [-0.1, -0.05) is 87.4 Å². The first-order valence-corrected chi connectivity index (χ1v) is 24.4.